The van der Waals surface area contributed by atoms with E-state index < -0.39 is 0 Å². The van der Waals surface area contributed by atoms with Gasteiger partial charge in [0.2, 0.25) is 0 Å². The predicted molar refractivity (Wildman–Crippen MR) is 96.8 cm³/mol. The first kappa shape index (κ1) is 15.5. The van der Waals surface area contributed by atoms with Gasteiger partial charge < -0.3 is 4.98 Å². The lowest BCUT2D eigenvalue weighted by Gasteiger charge is -2.47. The molecule has 2 nitrogen and oxygen atoms in total. The van der Waals surface area contributed by atoms with Gasteiger partial charge in [0.05, 0.1) is 0 Å². The summed E-state index contributed by atoms with van der Waals surface area (Å²) in [4.78, 5) is 5.99. The van der Waals surface area contributed by atoms with Crippen molar-refractivity contribution >= 4 is 22.7 Å². The largest absolute Gasteiger partial charge is 0.361 e. The van der Waals surface area contributed by atoms with Crippen LogP contribution in [0.5, 0.6) is 0 Å². The van der Waals surface area contributed by atoms with Gasteiger partial charge in [-0.25, -0.2) is 4.39 Å². The van der Waals surface area contributed by atoms with Crippen molar-refractivity contribution in [2.45, 2.75) is 38.1 Å². The van der Waals surface area contributed by atoms with Crippen molar-refractivity contribution in [2.24, 2.45) is 5.92 Å². The molecule has 1 aliphatic carbocycles. The number of nitrogens with one attached hydrogen (secondary N) is 1. The summed E-state index contributed by atoms with van der Waals surface area (Å²) in [6, 6.07) is 4.02. The molecule has 23 heavy (non-hydrogen) atoms. The first-order valence-corrected chi connectivity index (χ1v) is 10.1. The molecule has 2 aromatic rings. The van der Waals surface area contributed by atoms with Crippen LogP contribution in [0.25, 0.3) is 10.9 Å². The second kappa shape index (κ2) is 6.14. The van der Waals surface area contributed by atoms with Crippen LogP contribution in [0.4, 0.5) is 4.39 Å². The van der Waals surface area contributed by atoms with Crippen molar-refractivity contribution in [1.82, 2.24) is 9.88 Å². The van der Waals surface area contributed by atoms with E-state index in [1.165, 1.54) is 29.7 Å². The number of piperidine rings is 1. The number of hydrogen-bond donors (Lipinski definition) is 1. The summed E-state index contributed by atoms with van der Waals surface area (Å²) in [5.74, 6) is 2.20. The molecule has 4 heteroatoms. The van der Waals surface area contributed by atoms with E-state index in [9.17, 15) is 4.39 Å². The molecule has 2 aliphatic rings. The number of thioether (sulfide) groups is 1. The van der Waals surface area contributed by atoms with E-state index in [2.05, 4.69) is 29.3 Å². The summed E-state index contributed by atoms with van der Waals surface area (Å²) in [6.45, 7) is 4.55. The van der Waals surface area contributed by atoms with Gasteiger partial charge in [0, 0.05) is 41.2 Å². The Morgan fingerprint density at radius 3 is 3.04 bits per heavy atom. The number of fused-ring (bicyclic) bond motifs is 2. The average molecular weight is 332 g/mol. The molecule has 1 N–H and O–H groups in total. The Labute approximate surface area is 141 Å². The summed E-state index contributed by atoms with van der Waals surface area (Å²) in [6.07, 6.45) is 7.64. The topological polar surface area (TPSA) is 19.0 Å². The molecule has 1 aromatic carbocycles. The Hall–Kier alpha value is -1.00. The Balaban J connectivity index is 1.80. The lowest BCUT2D eigenvalue weighted by Crippen LogP contribution is -2.50. The number of aromatic amines is 1. The minimum absolute atomic E-state index is 0.00528. The molecule has 0 radical (unpaired) electrons. The minimum Gasteiger partial charge on any atom is -0.361 e. The quantitative estimate of drug-likeness (QED) is 0.894. The molecule has 3 atom stereocenters. The number of halogens is 1. The number of likely N-dealkylation sites (tertiary alicyclic amines) is 1. The fourth-order valence-electron chi connectivity index (χ4n) is 4.84. The summed E-state index contributed by atoms with van der Waals surface area (Å²) >= 11 is 1.93. The lowest BCUT2D eigenvalue weighted by molar-refractivity contribution is 0.0913. The number of aromatic nitrogens is 1. The van der Waals surface area contributed by atoms with Crippen LogP contribution in [0.3, 0.4) is 0 Å². The third-order valence-electron chi connectivity index (χ3n) is 5.64. The monoisotopic (exact) mass is 332 g/mol. The van der Waals surface area contributed by atoms with Gasteiger partial charge in [-0.2, -0.15) is 11.8 Å². The van der Waals surface area contributed by atoms with Crippen LogP contribution in [0.1, 0.15) is 36.8 Å². The van der Waals surface area contributed by atoms with Crippen LogP contribution in [0.15, 0.2) is 18.3 Å². The molecule has 0 bridgehead atoms. The molecule has 1 aromatic heterocycles. The third-order valence-corrected chi connectivity index (χ3v) is 6.45. The van der Waals surface area contributed by atoms with E-state index in [4.69, 9.17) is 0 Å². The van der Waals surface area contributed by atoms with Gasteiger partial charge in [-0.05, 0) is 61.4 Å². The number of hydrogen-bond acceptors (Lipinski definition) is 2. The third kappa shape index (κ3) is 2.51. The molecule has 0 spiro atoms. The van der Waals surface area contributed by atoms with Crippen LogP contribution in [-0.4, -0.2) is 41.0 Å². The highest BCUT2D eigenvalue weighted by atomic mass is 32.2. The summed E-state index contributed by atoms with van der Waals surface area (Å²) in [5.41, 5.74) is 3.39. The van der Waals surface area contributed by atoms with E-state index in [1.807, 2.05) is 17.8 Å². The van der Waals surface area contributed by atoms with Crippen molar-refractivity contribution in [3.05, 3.63) is 35.3 Å². The first-order chi connectivity index (χ1) is 11.2. The fourth-order valence-corrected chi connectivity index (χ4v) is 5.55. The molecule has 4 rings (SSSR count). The van der Waals surface area contributed by atoms with Gasteiger partial charge in [0.1, 0.15) is 5.82 Å². The zero-order valence-corrected chi connectivity index (χ0v) is 14.8. The standard InChI is InChI=1S/C19H25FN2S/c1-3-6-22-10-12(11-23-2)7-14-17(22)8-13-9-21-16-5-4-15(20)19(14)18(13)16/h4-5,9,12,14,17,21H,3,6-8,10-11H2,1-2H3/t12-,14+,17-/m1/s1. The van der Waals surface area contributed by atoms with Crippen molar-refractivity contribution in [2.75, 3.05) is 25.1 Å². The van der Waals surface area contributed by atoms with Gasteiger partial charge in [-0.1, -0.05) is 6.92 Å². The van der Waals surface area contributed by atoms with Crippen molar-refractivity contribution in [3.63, 3.8) is 0 Å². The molecule has 1 aliphatic heterocycles. The average Bonchev–Trinajstić information content (AvgIpc) is 2.95. The summed E-state index contributed by atoms with van der Waals surface area (Å²) in [5, 5.41) is 1.17. The highest BCUT2D eigenvalue weighted by Gasteiger charge is 2.41. The maximum Gasteiger partial charge on any atom is 0.127 e. The molecule has 0 unspecified atom stereocenters. The van der Waals surface area contributed by atoms with E-state index in [0.29, 0.717) is 17.9 Å². The number of rotatable bonds is 4. The Morgan fingerprint density at radius 2 is 2.26 bits per heavy atom. The minimum atomic E-state index is -0.00528. The number of nitrogens with zero attached hydrogens (tertiary/aromatic N) is 1. The van der Waals surface area contributed by atoms with Gasteiger partial charge >= 0.3 is 0 Å². The zero-order valence-electron chi connectivity index (χ0n) is 13.9. The normalized spacial score (nSPS) is 27.3. The van der Waals surface area contributed by atoms with Crippen LogP contribution in [-0.2, 0) is 6.42 Å². The Kier molecular flexibility index (Phi) is 4.14. The van der Waals surface area contributed by atoms with Crippen molar-refractivity contribution < 1.29 is 4.39 Å². The number of H-pyrrole nitrogens is 1. The summed E-state index contributed by atoms with van der Waals surface area (Å²) < 4.78 is 14.8. The Bertz CT molecular complexity index is 711. The van der Waals surface area contributed by atoms with Gasteiger partial charge in [0.25, 0.3) is 0 Å². The maximum atomic E-state index is 14.8. The van der Waals surface area contributed by atoms with E-state index >= 15 is 0 Å². The molecular weight excluding hydrogens is 307 g/mol. The lowest BCUT2D eigenvalue weighted by atomic mass is 9.72. The van der Waals surface area contributed by atoms with E-state index in [1.54, 1.807) is 6.07 Å². The second-order valence-electron chi connectivity index (χ2n) is 7.13. The second-order valence-corrected chi connectivity index (χ2v) is 8.04. The van der Waals surface area contributed by atoms with E-state index in [-0.39, 0.29) is 5.82 Å². The summed E-state index contributed by atoms with van der Waals surface area (Å²) in [7, 11) is 0. The molecule has 1 saturated heterocycles. The smallest absolute Gasteiger partial charge is 0.127 e. The van der Waals surface area contributed by atoms with Crippen LogP contribution in [0, 0.1) is 11.7 Å². The van der Waals surface area contributed by atoms with Gasteiger partial charge in [0.15, 0.2) is 0 Å². The van der Waals surface area contributed by atoms with Crippen molar-refractivity contribution in [1.29, 1.82) is 0 Å². The molecule has 0 amide bonds. The van der Waals surface area contributed by atoms with Gasteiger partial charge in [-0.15, -0.1) is 0 Å². The molecular formula is C19H25FN2S. The molecule has 124 valence electrons. The SMILES string of the molecule is CCCN1C[C@H](CSC)C[C@@H]2c3c(F)ccc4[nH]cc(c34)C[C@H]21. The molecule has 2 heterocycles. The van der Waals surface area contributed by atoms with Crippen molar-refractivity contribution in [3.8, 4) is 0 Å². The number of benzene rings is 1. The van der Waals surface area contributed by atoms with Crippen LogP contribution >= 0.6 is 11.8 Å². The van der Waals surface area contributed by atoms with Crippen LogP contribution in [0.2, 0.25) is 0 Å². The maximum absolute atomic E-state index is 14.8. The predicted octanol–water partition coefficient (Wildman–Crippen LogP) is 4.41. The van der Waals surface area contributed by atoms with Gasteiger partial charge in [-0.3, -0.25) is 4.90 Å². The Morgan fingerprint density at radius 1 is 1.39 bits per heavy atom. The zero-order chi connectivity index (χ0) is 16.0. The van der Waals surface area contributed by atoms with Crippen LogP contribution < -0.4 is 0 Å². The molecule has 1 fully saturated rings. The highest BCUT2D eigenvalue weighted by molar-refractivity contribution is 7.98. The first-order valence-electron chi connectivity index (χ1n) is 8.74. The highest BCUT2D eigenvalue weighted by Crippen LogP contribution is 2.46. The molecule has 0 saturated carbocycles. The fraction of sp³-hybridized carbons (Fsp3) is 0.579. The van der Waals surface area contributed by atoms with E-state index in [0.717, 1.165) is 30.5 Å².